The molecule has 6 nitrogen and oxygen atoms in total. The van der Waals surface area contributed by atoms with Crippen LogP contribution in [-0.2, 0) is 14.8 Å². The molecule has 1 unspecified atom stereocenters. The Morgan fingerprint density at radius 3 is 2.95 bits per heavy atom. The third-order valence-electron chi connectivity index (χ3n) is 2.89. The van der Waals surface area contributed by atoms with Gasteiger partial charge in [-0.1, -0.05) is 6.07 Å². The van der Waals surface area contributed by atoms with Crippen LogP contribution in [0.3, 0.4) is 0 Å². The zero-order valence-electron chi connectivity index (χ0n) is 11.0. The molecule has 1 saturated heterocycles. The third-order valence-corrected chi connectivity index (χ3v) is 5.69. The van der Waals surface area contributed by atoms with Gasteiger partial charge in [0, 0.05) is 25.7 Å². The maximum atomic E-state index is 11.9. The maximum absolute atomic E-state index is 11.9. The van der Waals surface area contributed by atoms with Crippen molar-refractivity contribution in [3.8, 4) is 0 Å². The average Bonchev–Trinajstić information content (AvgIpc) is 2.90. The summed E-state index contributed by atoms with van der Waals surface area (Å²) < 4.78 is 26.3. The average molecular weight is 340 g/mol. The van der Waals surface area contributed by atoms with Crippen molar-refractivity contribution >= 4 is 39.7 Å². The molecule has 1 aromatic heterocycles. The van der Waals surface area contributed by atoms with Gasteiger partial charge in [-0.25, -0.2) is 13.1 Å². The van der Waals surface area contributed by atoms with E-state index in [1.54, 1.807) is 16.3 Å². The fourth-order valence-electron chi connectivity index (χ4n) is 1.91. The van der Waals surface area contributed by atoms with Crippen LogP contribution in [0.5, 0.6) is 0 Å². The normalized spacial score (nSPS) is 19.4. The number of nitrogens with zero attached hydrogens (tertiary/aromatic N) is 1. The second-order valence-electron chi connectivity index (χ2n) is 4.45. The van der Waals surface area contributed by atoms with E-state index in [1.807, 2.05) is 6.92 Å². The molecule has 0 aromatic carbocycles. The zero-order chi connectivity index (χ0) is 13.9. The highest BCUT2D eigenvalue weighted by Crippen LogP contribution is 2.15. The smallest absolute Gasteiger partial charge is 0.250 e. The maximum Gasteiger partial charge on any atom is 0.250 e. The lowest BCUT2D eigenvalue weighted by molar-refractivity contribution is -0.131. The summed E-state index contributed by atoms with van der Waals surface area (Å²) >= 11 is 1.13. The predicted molar refractivity (Wildman–Crippen MR) is 80.8 cm³/mol. The van der Waals surface area contributed by atoms with Gasteiger partial charge in [0.1, 0.15) is 4.21 Å². The Morgan fingerprint density at radius 1 is 1.60 bits per heavy atom. The number of nitrogens with one attached hydrogen (secondary N) is 2. The van der Waals surface area contributed by atoms with E-state index < -0.39 is 10.0 Å². The minimum atomic E-state index is -3.56. The Morgan fingerprint density at radius 2 is 2.35 bits per heavy atom. The van der Waals surface area contributed by atoms with Gasteiger partial charge in [-0.05, 0) is 18.4 Å². The van der Waals surface area contributed by atoms with Crippen LogP contribution >= 0.6 is 23.7 Å². The van der Waals surface area contributed by atoms with Gasteiger partial charge in [0.15, 0.2) is 0 Å². The molecule has 0 radical (unpaired) electrons. The molecule has 0 saturated carbocycles. The number of piperazine rings is 1. The lowest BCUT2D eigenvalue weighted by Gasteiger charge is -2.31. The molecule has 2 N–H and O–H groups in total. The van der Waals surface area contributed by atoms with Gasteiger partial charge >= 0.3 is 0 Å². The van der Waals surface area contributed by atoms with Crippen LogP contribution in [0.4, 0.5) is 0 Å². The van der Waals surface area contributed by atoms with Gasteiger partial charge in [0.05, 0.1) is 6.54 Å². The van der Waals surface area contributed by atoms with Crippen molar-refractivity contribution in [2.24, 2.45) is 0 Å². The summed E-state index contributed by atoms with van der Waals surface area (Å²) in [6, 6.07) is 3.43. The fourth-order valence-corrected chi connectivity index (χ4v) is 3.93. The van der Waals surface area contributed by atoms with Crippen molar-refractivity contribution in [1.29, 1.82) is 0 Å². The van der Waals surface area contributed by atoms with E-state index in [-0.39, 0.29) is 35.1 Å². The monoisotopic (exact) mass is 339 g/mol. The van der Waals surface area contributed by atoms with Crippen molar-refractivity contribution in [2.75, 3.05) is 26.2 Å². The Bertz CT molecular complexity index is 533. The highest BCUT2D eigenvalue weighted by atomic mass is 35.5. The summed E-state index contributed by atoms with van der Waals surface area (Å²) in [6.45, 7) is 3.77. The Hall–Kier alpha value is -0.670. The third kappa shape index (κ3) is 4.42. The molecule has 114 valence electrons. The number of carbonyl (C=O) groups excluding carboxylic acids is 1. The number of thiophene rings is 1. The van der Waals surface area contributed by atoms with Crippen LogP contribution < -0.4 is 10.0 Å². The van der Waals surface area contributed by atoms with Crippen LogP contribution in [0.2, 0.25) is 0 Å². The molecule has 1 aromatic rings. The van der Waals surface area contributed by atoms with E-state index in [2.05, 4.69) is 10.0 Å². The first kappa shape index (κ1) is 17.4. The van der Waals surface area contributed by atoms with E-state index in [1.165, 1.54) is 6.07 Å². The Kier molecular flexibility index (Phi) is 6.41. The predicted octanol–water partition coefficient (Wildman–Crippen LogP) is 0.269. The first-order valence-corrected chi connectivity index (χ1v) is 8.39. The van der Waals surface area contributed by atoms with Crippen LogP contribution in [0.1, 0.15) is 6.92 Å². The molecule has 1 aliphatic heterocycles. The number of amides is 1. The Labute approximate surface area is 129 Å². The van der Waals surface area contributed by atoms with Gasteiger partial charge in [0.2, 0.25) is 5.91 Å². The lowest BCUT2D eigenvalue weighted by atomic mass is 10.2. The SMILES string of the molecule is CC1CN(C(=O)CNS(=O)(=O)c2cccs2)CCN1.Cl. The summed E-state index contributed by atoms with van der Waals surface area (Å²) in [5.41, 5.74) is 0. The molecule has 0 bridgehead atoms. The van der Waals surface area contributed by atoms with Crippen LogP contribution in [0.15, 0.2) is 21.7 Å². The topological polar surface area (TPSA) is 78.5 Å². The van der Waals surface area contributed by atoms with Crippen LogP contribution in [0, 0.1) is 0 Å². The number of sulfonamides is 1. The van der Waals surface area contributed by atoms with Gasteiger partial charge in [-0.2, -0.15) is 0 Å². The largest absolute Gasteiger partial charge is 0.339 e. The second-order valence-corrected chi connectivity index (χ2v) is 7.39. The fraction of sp³-hybridized carbons (Fsp3) is 0.545. The molecule has 1 aliphatic rings. The molecular weight excluding hydrogens is 322 g/mol. The highest BCUT2D eigenvalue weighted by Gasteiger charge is 2.22. The standard InChI is InChI=1S/C11H17N3O3S2.ClH/c1-9-8-14(5-4-12-9)10(15)7-13-19(16,17)11-3-2-6-18-11;/h2-3,6,9,12-13H,4-5,7-8H2,1H3;1H. The van der Waals surface area contributed by atoms with Gasteiger partial charge in [-0.3, -0.25) is 4.79 Å². The number of carbonyl (C=O) groups is 1. The summed E-state index contributed by atoms with van der Waals surface area (Å²) in [6.07, 6.45) is 0. The van der Waals surface area contributed by atoms with E-state index in [0.29, 0.717) is 13.1 Å². The van der Waals surface area contributed by atoms with Crippen molar-refractivity contribution in [3.05, 3.63) is 17.5 Å². The molecular formula is C11H18ClN3O3S2. The number of hydrogen-bond donors (Lipinski definition) is 2. The quantitative estimate of drug-likeness (QED) is 0.825. The van der Waals surface area contributed by atoms with Crippen molar-refractivity contribution in [3.63, 3.8) is 0 Å². The van der Waals surface area contributed by atoms with E-state index >= 15 is 0 Å². The zero-order valence-corrected chi connectivity index (χ0v) is 13.5. The first-order valence-electron chi connectivity index (χ1n) is 6.03. The van der Waals surface area contributed by atoms with E-state index in [4.69, 9.17) is 0 Å². The van der Waals surface area contributed by atoms with Crippen LogP contribution in [0.25, 0.3) is 0 Å². The second kappa shape index (κ2) is 7.37. The summed E-state index contributed by atoms with van der Waals surface area (Å²) in [7, 11) is -3.56. The molecule has 1 fully saturated rings. The molecule has 9 heteroatoms. The number of halogens is 1. The lowest BCUT2D eigenvalue weighted by Crippen LogP contribution is -2.53. The molecule has 1 atom stereocenters. The van der Waals surface area contributed by atoms with Crippen molar-refractivity contribution in [1.82, 2.24) is 14.9 Å². The van der Waals surface area contributed by atoms with E-state index in [9.17, 15) is 13.2 Å². The van der Waals surface area contributed by atoms with Gasteiger partial charge < -0.3 is 10.2 Å². The molecule has 1 amide bonds. The molecule has 2 heterocycles. The van der Waals surface area contributed by atoms with E-state index in [0.717, 1.165) is 17.9 Å². The minimum absolute atomic E-state index is 0. The summed E-state index contributed by atoms with van der Waals surface area (Å²) in [5.74, 6) is -0.187. The van der Waals surface area contributed by atoms with Gasteiger partial charge in [-0.15, -0.1) is 23.7 Å². The first-order chi connectivity index (χ1) is 8.99. The molecule has 0 spiro atoms. The summed E-state index contributed by atoms with van der Waals surface area (Å²) in [4.78, 5) is 13.6. The van der Waals surface area contributed by atoms with Crippen LogP contribution in [-0.4, -0.2) is 51.4 Å². The van der Waals surface area contributed by atoms with Gasteiger partial charge in [0.25, 0.3) is 10.0 Å². The number of hydrogen-bond acceptors (Lipinski definition) is 5. The summed E-state index contributed by atoms with van der Waals surface area (Å²) in [5, 5.41) is 4.92. The Balaban J connectivity index is 0.00000200. The molecule has 2 rings (SSSR count). The highest BCUT2D eigenvalue weighted by molar-refractivity contribution is 7.91. The van der Waals surface area contributed by atoms with Crippen molar-refractivity contribution < 1.29 is 13.2 Å². The minimum Gasteiger partial charge on any atom is -0.339 e. The molecule has 20 heavy (non-hydrogen) atoms. The number of rotatable bonds is 4. The van der Waals surface area contributed by atoms with Crippen molar-refractivity contribution in [2.45, 2.75) is 17.2 Å². The molecule has 0 aliphatic carbocycles.